The summed E-state index contributed by atoms with van der Waals surface area (Å²) in [6.45, 7) is 16.0. The Morgan fingerprint density at radius 1 is 0.778 bits per heavy atom. The number of ether oxygens (including phenoxy) is 3. The lowest BCUT2D eigenvalue weighted by Crippen LogP contribution is -2.47. The third kappa shape index (κ3) is 13.4. The fourth-order valence-electron chi connectivity index (χ4n) is 2.68. The molecule has 36 heavy (non-hydrogen) atoms. The number of amides is 3. The standard InChI is InChI=1S/C23H40N2O10Si/c1-8-33-36(34-9-2,35-10-3)17-11-14-32-23(29)25(13-16-31-21(27)19(6)7)22(28)24-12-15-30-20(26)18(4)5/h4,6,8-17H2,1-3,5,7H3,(H,24,28). The second-order valence-corrected chi connectivity index (χ2v) is 10.1. The van der Waals surface area contributed by atoms with Gasteiger partial charge in [0, 0.05) is 37.0 Å². The summed E-state index contributed by atoms with van der Waals surface area (Å²) < 4.78 is 32.4. The van der Waals surface area contributed by atoms with Crippen molar-refractivity contribution in [2.75, 3.05) is 52.7 Å². The number of carbonyl (C=O) groups excluding carboxylic acids is 4. The van der Waals surface area contributed by atoms with Crippen molar-refractivity contribution >= 4 is 32.9 Å². The van der Waals surface area contributed by atoms with Gasteiger partial charge < -0.3 is 32.8 Å². The van der Waals surface area contributed by atoms with Crippen LogP contribution in [0.2, 0.25) is 6.04 Å². The van der Waals surface area contributed by atoms with Gasteiger partial charge in [0.1, 0.15) is 13.2 Å². The topological polar surface area (TPSA) is 139 Å². The predicted octanol–water partition coefficient (Wildman–Crippen LogP) is 2.81. The fraction of sp³-hybridized carbons (Fsp3) is 0.652. The van der Waals surface area contributed by atoms with Gasteiger partial charge in [0.15, 0.2) is 0 Å². The van der Waals surface area contributed by atoms with Gasteiger partial charge in [-0.15, -0.1) is 0 Å². The number of urea groups is 1. The number of carbonyl (C=O) groups is 4. The minimum absolute atomic E-state index is 0.0215. The van der Waals surface area contributed by atoms with E-state index in [1.54, 1.807) is 0 Å². The fourth-order valence-corrected chi connectivity index (χ4v) is 5.26. The van der Waals surface area contributed by atoms with Crippen molar-refractivity contribution in [1.29, 1.82) is 0 Å². The number of nitrogens with one attached hydrogen (secondary N) is 1. The summed E-state index contributed by atoms with van der Waals surface area (Å²) in [5.74, 6) is -1.25. The molecule has 0 rings (SSSR count). The molecule has 0 heterocycles. The smallest absolute Gasteiger partial charge is 0.460 e. The monoisotopic (exact) mass is 532 g/mol. The second kappa shape index (κ2) is 18.5. The first kappa shape index (κ1) is 33.3. The van der Waals surface area contributed by atoms with E-state index in [0.717, 1.165) is 4.90 Å². The Balaban J connectivity index is 4.99. The summed E-state index contributed by atoms with van der Waals surface area (Å²) in [6.07, 6.45) is -0.552. The maximum absolute atomic E-state index is 12.6. The molecule has 0 spiro atoms. The molecule has 0 aliphatic carbocycles. The Morgan fingerprint density at radius 2 is 1.28 bits per heavy atom. The minimum atomic E-state index is -2.90. The maximum Gasteiger partial charge on any atom is 0.501 e. The Hall–Kier alpha value is -2.74. The Morgan fingerprint density at radius 3 is 1.75 bits per heavy atom. The zero-order valence-corrected chi connectivity index (χ0v) is 23.0. The van der Waals surface area contributed by atoms with Gasteiger partial charge in [0.25, 0.3) is 0 Å². The van der Waals surface area contributed by atoms with Crippen LogP contribution in [0.25, 0.3) is 0 Å². The number of hydrogen-bond acceptors (Lipinski definition) is 10. The van der Waals surface area contributed by atoms with Gasteiger partial charge in [-0.05, 0) is 41.0 Å². The molecule has 0 fully saturated rings. The second-order valence-electron chi connectivity index (χ2n) is 7.42. The van der Waals surface area contributed by atoms with E-state index in [1.165, 1.54) is 13.8 Å². The van der Waals surface area contributed by atoms with Gasteiger partial charge in [0.05, 0.1) is 19.7 Å². The lowest BCUT2D eigenvalue weighted by molar-refractivity contribution is -0.139. The van der Waals surface area contributed by atoms with Crippen LogP contribution in [0.5, 0.6) is 0 Å². The van der Waals surface area contributed by atoms with Crippen LogP contribution in [0, 0.1) is 0 Å². The zero-order chi connectivity index (χ0) is 27.6. The molecule has 0 aliphatic heterocycles. The van der Waals surface area contributed by atoms with Crippen LogP contribution in [0.4, 0.5) is 9.59 Å². The molecule has 0 aromatic carbocycles. The molecule has 0 aromatic heterocycles. The first-order valence-electron chi connectivity index (χ1n) is 11.8. The molecule has 0 aliphatic rings. The Labute approximate surface area is 214 Å². The van der Waals surface area contributed by atoms with E-state index in [9.17, 15) is 19.2 Å². The molecule has 0 atom stereocenters. The van der Waals surface area contributed by atoms with Crippen molar-refractivity contribution in [3.05, 3.63) is 24.3 Å². The normalized spacial score (nSPS) is 10.8. The van der Waals surface area contributed by atoms with Crippen LogP contribution in [-0.4, -0.2) is 90.5 Å². The molecule has 0 bridgehead atoms. The summed E-state index contributed by atoms with van der Waals surface area (Å²) in [5, 5.41) is 2.45. The molecular weight excluding hydrogens is 492 g/mol. The van der Waals surface area contributed by atoms with Gasteiger partial charge in [-0.1, -0.05) is 13.2 Å². The predicted molar refractivity (Wildman–Crippen MR) is 133 cm³/mol. The third-order valence-corrected chi connectivity index (χ3v) is 7.42. The van der Waals surface area contributed by atoms with E-state index in [0.29, 0.717) is 32.3 Å². The van der Waals surface area contributed by atoms with Crippen LogP contribution in [-0.2, 0) is 37.1 Å². The first-order chi connectivity index (χ1) is 17.0. The highest BCUT2D eigenvalue weighted by Crippen LogP contribution is 2.18. The van der Waals surface area contributed by atoms with E-state index in [1.807, 2.05) is 20.8 Å². The average molecular weight is 533 g/mol. The average Bonchev–Trinajstić information content (AvgIpc) is 2.82. The van der Waals surface area contributed by atoms with Crippen molar-refractivity contribution in [3.8, 4) is 0 Å². The number of esters is 2. The summed E-state index contributed by atoms with van der Waals surface area (Å²) in [5.41, 5.74) is 0.398. The molecule has 1 N–H and O–H groups in total. The minimum Gasteiger partial charge on any atom is -0.460 e. The summed E-state index contributed by atoms with van der Waals surface area (Å²) in [4.78, 5) is 49.0. The Bertz CT molecular complexity index is 742. The van der Waals surface area contributed by atoms with Gasteiger partial charge in [0.2, 0.25) is 0 Å². The highest BCUT2D eigenvalue weighted by atomic mass is 28.4. The molecule has 0 aromatic rings. The van der Waals surface area contributed by atoms with Crippen molar-refractivity contribution in [2.24, 2.45) is 0 Å². The van der Waals surface area contributed by atoms with Crippen LogP contribution >= 0.6 is 0 Å². The highest BCUT2D eigenvalue weighted by molar-refractivity contribution is 6.60. The van der Waals surface area contributed by atoms with Crippen molar-refractivity contribution in [1.82, 2.24) is 10.2 Å². The van der Waals surface area contributed by atoms with Crippen LogP contribution < -0.4 is 5.32 Å². The molecule has 0 radical (unpaired) electrons. The first-order valence-corrected chi connectivity index (χ1v) is 13.8. The van der Waals surface area contributed by atoms with Crippen LogP contribution in [0.3, 0.4) is 0 Å². The van der Waals surface area contributed by atoms with E-state index in [-0.39, 0.29) is 44.1 Å². The van der Waals surface area contributed by atoms with Crippen molar-refractivity contribution in [3.63, 3.8) is 0 Å². The molecule has 206 valence electrons. The molecule has 0 saturated carbocycles. The quantitative estimate of drug-likeness (QED) is 0.0921. The summed E-state index contributed by atoms with van der Waals surface area (Å²) in [7, 11) is -2.90. The van der Waals surface area contributed by atoms with Crippen LogP contribution in [0.1, 0.15) is 41.0 Å². The zero-order valence-electron chi connectivity index (χ0n) is 22.0. The molecular formula is C23H40N2O10Si. The van der Waals surface area contributed by atoms with E-state index >= 15 is 0 Å². The van der Waals surface area contributed by atoms with Gasteiger partial charge in [-0.2, -0.15) is 0 Å². The van der Waals surface area contributed by atoms with Gasteiger partial charge in [-0.25, -0.2) is 24.1 Å². The molecule has 12 nitrogen and oxygen atoms in total. The summed E-state index contributed by atoms with van der Waals surface area (Å²) >= 11 is 0. The lowest BCUT2D eigenvalue weighted by atomic mass is 10.4. The largest absolute Gasteiger partial charge is 0.501 e. The van der Waals surface area contributed by atoms with Crippen molar-refractivity contribution < 1.29 is 46.7 Å². The highest BCUT2D eigenvalue weighted by Gasteiger charge is 2.39. The Kier molecular flexibility index (Phi) is 17.1. The summed E-state index contributed by atoms with van der Waals surface area (Å²) in [6, 6.07) is -0.383. The van der Waals surface area contributed by atoms with E-state index in [4.69, 9.17) is 27.5 Å². The maximum atomic E-state index is 12.6. The van der Waals surface area contributed by atoms with Crippen molar-refractivity contribution in [2.45, 2.75) is 47.1 Å². The third-order valence-electron chi connectivity index (χ3n) is 4.27. The molecule has 0 saturated heterocycles. The number of imide groups is 1. The molecule has 3 amide bonds. The van der Waals surface area contributed by atoms with E-state index < -0.39 is 32.9 Å². The van der Waals surface area contributed by atoms with Crippen LogP contribution in [0.15, 0.2) is 24.3 Å². The SMILES string of the molecule is C=C(C)C(=O)OCCNC(=O)N(CCOC(=O)C(=C)C)C(=O)OCCC[Si](OCC)(OCC)OCC. The number of nitrogens with zero attached hydrogens (tertiary/aromatic N) is 1. The number of hydrogen-bond donors (Lipinski definition) is 1. The van der Waals surface area contributed by atoms with Gasteiger partial charge in [-0.3, -0.25) is 0 Å². The number of rotatable bonds is 18. The van der Waals surface area contributed by atoms with Gasteiger partial charge >= 0.3 is 32.9 Å². The lowest BCUT2D eigenvalue weighted by Gasteiger charge is -2.28. The molecule has 0 unspecified atom stereocenters. The van der Waals surface area contributed by atoms with E-state index in [2.05, 4.69) is 18.5 Å². The molecule has 13 heteroatoms.